The van der Waals surface area contributed by atoms with Crippen LogP contribution in [0.4, 0.5) is 5.82 Å². The van der Waals surface area contributed by atoms with Crippen molar-refractivity contribution in [2.75, 3.05) is 12.4 Å². The van der Waals surface area contributed by atoms with Gasteiger partial charge in [0.2, 0.25) is 0 Å². The number of methoxy groups -OCH3 is 1. The van der Waals surface area contributed by atoms with E-state index >= 15 is 0 Å². The number of nitrogens with one attached hydrogen (secondary N) is 1. The summed E-state index contributed by atoms with van der Waals surface area (Å²) in [5.41, 5.74) is 1.97. The molecule has 0 aliphatic heterocycles. The van der Waals surface area contributed by atoms with Crippen LogP contribution < -0.4 is 5.32 Å². The van der Waals surface area contributed by atoms with E-state index in [9.17, 15) is 4.79 Å². The van der Waals surface area contributed by atoms with Crippen molar-refractivity contribution in [3.05, 3.63) is 71.6 Å². The molecule has 0 saturated carbocycles. The lowest BCUT2D eigenvalue weighted by molar-refractivity contribution is -0.136. The predicted octanol–water partition coefficient (Wildman–Crippen LogP) is 3.71. The molecule has 5 heteroatoms. The molecule has 0 saturated heterocycles. The summed E-state index contributed by atoms with van der Waals surface area (Å²) in [6.45, 7) is 1.94. The topological polar surface area (TPSA) is 75.0 Å². The number of aromatic nitrogens is 1. The van der Waals surface area contributed by atoms with E-state index in [4.69, 9.17) is 10.00 Å². The molecule has 1 aromatic heterocycles. The monoisotopic (exact) mass is 331 g/mol. The third-order valence-corrected chi connectivity index (χ3v) is 4.08. The van der Waals surface area contributed by atoms with Crippen LogP contribution in [-0.2, 0) is 9.53 Å². The van der Waals surface area contributed by atoms with E-state index < -0.39 is 0 Å². The maximum absolute atomic E-state index is 11.8. The van der Waals surface area contributed by atoms with E-state index in [-0.39, 0.29) is 11.9 Å². The van der Waals surface area contributed by atoms with Gasteiger partial charge in [-0.3, -0.25) is 0 Å². The van der Waals surface area contributed by atoms with Gasteiger partial charge in [0.05, 0.1) is 18.7 Å². The Morgan fingerprint density at radius 1 is 1.32 bits per heavy atom. The lowest BCUT2D eigenvalue weighted by Gasteiger charge is -2.09. The van der Waals surface area contributed by atoms with Gasteiger partial charge in [0.1, 0.15) is 5.82 Å². The number of rotatable bonds is 3. The molecule has 0 fully saturated rings. The van der Waals surface area contributed by atoms with Crippen LogP contribution in [0.25, 0.3) is 10.8 Å². The molecule has 1 aromatic carbocycles. The second kappa shape index (κ2) is 7.02. The number of carbonyl (C=O) groups is 1. The first kappa shape index (κ1) is 16.5. The summed E-state index contributed by atoms with van der Waals surface area (Å²) in [5, 5.41) is 14.2. The Bertz CT molecular complexity index is 965. The predicted molar refractivity (Wildman–Crippen MR) is 96.6 cm³/mol. The normalized spacial score (nSPS) is 16.4. The summed E-state index contributed by atoms with van der Waals surface area (Å²) >= 11 is 0. The van der Waals surface area contributed by atoms with Crippen LogP contribution in [0, 0.1) is 17.2 Å². The molecule has 1 N–H and O–H groups in total. The molecule has 5 nitrogen and oxygen atoms in total. The summed E-state index contributed by atoms with van der Waals surface area (Å²) in [5.74, 6) is 0.276. The molecule has 25 heavy (non-hydrogen) atoms. The third-order valence-electron chi connectivity index (χ3n) is 4.08. The molecular formula is C20H17N3O2. The second-order valence-electron chi connectivity index (χ2n) is 5.72. The number of hydrogen-bond acceptors (Lipinski definition) is 5. The molecule has 1 aliphatic carbocycles. The number of pyridine rings is 1. The third kappa shape index (κ3) is 3.43. The van der Waals surface area contributed by atoms with Crippen molar-refractivity contribution < 1.29 is 9.53 Å². The minimum absolute atomic E-state index is 0.0475. The van der Waals surface area contributed by atoms with E-state index in [1.165, 1.54) is 7.11 Å². The highest BCUT2D eigenvalue weighted by atomic mass is 16.5. The molecule has 1 atom stereocenters. The Balaban J connectivity index is 1.97. The quantitative estimate of drug-likeness (QED) is 0.868. The number of anilines is 1. The van der Waals surface area contributed by atoms with Gasteiger partial charge in [0.25, 0.3) is 0 Å². The van der Waals surface area contributed by atoms with Gasteiger partial charge in [-0.25, -0.2) is 9.78 Å². The molecular weight excluding hydrogens is 314 g/mol. The lowest BCUT2D eigenvalue weighted by Crippen LogP contribution is -2.10. The van der Waals surface area contributed by atoms with Gasteiger partial charge in [-0.1, -0.05) is 19.1 Å². The number of ether oxygens (including phenoxy) is 1. The van der Waals surface area contributed by atoms with Crippen molar-refractivity contribution in [1.29, 1.82) is 5.26 Å². The average molecular weight is 331 g/mol. The van der Waals surface area contributed by atoms with Gasteiger partial charge in [-0.15, -0.1) is 0 Å². The van der Waals surface area contributed by atoms with Gasteiger partial charge in [0.15, 0.2) is 0 Å². The first-order valence-electron chi connectivity index (χ1n) is 7.86. The highest BCUT2D eigenvalue weighted by molar-refractivity contribution is 5.93. The summed E-state index contributed by atoms with van der Waals surface area (Å²) in [4.78, 5) is 16.2. The van der Waals surface area contributed by atoms with Gasteiger partial charge in [-0.05, 0) is 41.8 Å². The zero-order valence-corrected chi connectivity index (χ0v) is 14.0. The van der Waals surface area contributed by atoms with E-state index in [0.29, 0.717) is 17.0 Å². The van der Waals surface area contributed by atoms with E-state index in [2.05, 4.69) is 16.4 Å². The lowest BCUT2D eigenvalue weighted by atomic mass is 10.0. The first-order chi connectivity index (χ1) is 12.1. The molecule has 124 valence electrons. The molecule has 3 rings (SSSR count). The van der Waals surface area contributed by atoms with E-state index in [1.54, 1.807) is 18.3 Å². The Kier molecular flexibility index (Phi) is 4.62. The van der Waals surface area contributed by atoms with Crippen molar-refractivity contribution in [3.63, 3.8) is 0 Å². The van der Waals surface area contributed by atoms with E-state index in [1.807, 2.05) is 43.4 Å². The van der Waals surface area contributed by atoms with Crippen molar-refractivity contribution >= 4 is 22.6 Å². The number of nitrogens with zero attached hydrogens (tertiary/aromatic N) is 2. The summed E-state index contributed by atoms with van der Waals surface area (Å²) in [7, 11) is 1.38. The minimum Gasteiger partial charge on any atom is -0.466 e. The average Bonchev–Trinajstić information content (AvgIpc) is 2.83. The number of benzene rings is 1. The van der Waals surface area contributed by atoms with Crippen LogP contribution in [0.2, 0.25) is 0 Å². The molecule has 1 heterocycles. The highest BCUT2D eigenvalue weighted by Gasteiger charge is 2.16. The first-order valence-corrected chi connectivity index (χ1v) is 7.86. The Labute approximate surface area is 145 Å². The van der Waals surface area contributed by atoms with Crippen LogP contribution in [0.15, 0.2) is 66.0 Å². The molecule has 0 spiro atoms. The maximum Gasteiger partial charge on any atom is 0.334 e. The minimum atomic E-state index is -0.336. The second-order valence-corrected chi connectivity index (χ2v) is 5.72. The number of hydrogen-bond donors (Lipinski definition) is 1. The number of allylic oxidation sites excluding steroid dienone is 4. The van der Waals surface area contributed by atoms with E-state index in [0.717, 1.165) is 16.5 Å². The molecule has 0 amide bonds. The summed E-state index contributed by atoms with van der Waals surface area (Å²) < 4.78 is 4.82. The fraction of sp³-hybridized carbons (Fsp3) is 0.150. The fourth-order valence-electron chi connectivity index (χ4n) is 2.67. The Morgan fingerprint density at radius 2 is 2.16 bits per heavy atom. The standard InChI is InChI=1S/C20H17N3O2/c1-13-3-6-16(7-8-17(13)20(24)25-2)23-19-18-11-14(12-21)4-5-15(18)9-10-22-19/h3-11,13H,1-2H3,(H,22,23)/t13-/m0/s1. The van der Waals surface area contributed by atoms with Gasteiger partial charge >= 0.3 is 5.97 Å². The van der Waals surface area contributed by atoms with Crippen molar-refractivity contribution in [2.45, 2.75) is 6.92 Å². The maximum atomic E-state index is 11.8. The highest BCUT2D eigenvalue weighted by Crippen LogP contribution is 2.25. The zero-order chi connectivity index (χ0) is 17.8. The van der Waals surface area contributed by atoms with Crippen LogP contribution >= 0.6 is 0 Å². The summed E-state index contributed by atoms with van der Waals surface area (Å²) in [6, 6.07) is 9.53. The van der Waals surface area contributed by atoms with Gasteiger partial charge in [-0.2, -0.15) is 5.26 Å². The van der Waals surface area contributed by atoms with Crippen LogP contribution in [0.3, 0.4) is 0 Å². The van der Waals surface area contributed by atoms with Crippen LogP contribution in [0.5, 0.6) is 0 Å². The molecule has 0 bridgehead atoms. The molecule has 0 radical (unpaired) electrons. The van der Waals surface area contributed by atoms with Crippen molar-refractivity contribution in [1.82, 2.24) is 4.98 Å². The molecule has 1 aliphatic rings. The van der Waals surface area contributed by atoms with Crippen LogP contribution in [0.1, 0.15) is 12.5 Å². The number of fused-ring (bicyclic) bond motifs is 1. The SMILES string of the molecule is COC(=O)C1=CC=C(Nc2nccc3ccc(C#N)cc23)C=C[C@@H]1C. The fourth-order valence-corrected chi connectivity index (χ4v) is 2.67. The number of esters is 1. The molecule has 0 unspecified atom stereocenters. The smallest absolute Gasteiger partial charge is 0.334 e. The summed E-state index contributed by atoms with van der Waals surface area (Å²) in [6.07, 6.45) is 9.13. The van der Waals surface area contributed by atoms with Crippen molar-refractivity contribution in [2.24, 2.45) is 5.92 Å². The number of carbonyl (C=O) groups excluding carboxylic acids is 1. The van der Waals surface area contributed by atoms with Crippen LogP contribution in [-0.4, -0.2) is 18.1 Å². The van der Waals surface area contributed by atoms with Gasteiger partial charge in [0, 0.05) is 28.8 Å². The zero-order valence-electron chi connectivity index (χ0n) is 14.0. The Hall–Kier alpha value is -3.39. The van der Waals surface area contributed by atoms with Gasteiger partial charge < -0.3 is 10.1 Å². The Morgan fingerprint density at radius 3 is 2.92 bits per heavy atom. The largest absolute Gasteiger partial charge is 0.466 e. The van der Waals surface area contributed by atoms with Crippen molar-refractivity contribution in [3.8, 4) is 6.07 Å². The molecule has 2 aromatic rings. The number of nitriles is 1.